The second-order valence-electron chi connectivity index (χ2n) is 7.74. The van der Waals surface area contributed by atoms with Crippen LogP contribution in [-0.2, 0) is 11.2 Å². The van der Waals surface area contributed by atoms with E-state index in [0.717, 1.165) is 19.3 Å². The minimum atomic E-state index is 0.198. The number of unbranched alkanes of at least 4 members (excludes halogenated alkanes) is 1. The molecule has 0 spiro atoms. The van der Waals surface area contributed by atoms with Gasteiger partial charge in [-0.2, -0.15) is 0 Å². The quantitative estimate of drug-likeness (QED) is 0.675. The number of ketones is 1. The third-order valence-electron chi connectivity index (χ3n) is 4.54. The number of benzene rings is 1. The summed E-state index contributed by atoms with van der Waals surface area (Å²) in [4.78, 5) is 11.9. The topological polar surface area (TPSA) is 17.1 Å². The van der Waals surface area contributed by atoms with Gasteiger partial charge in [0.1, 0.15) is 5.78 Å². The van der Waals surface area contributed by atoms with Gasteiger partial charge >= 0.3 is 0 Å². The van der Waals surface area contributed by atoms with Gasteiger partial charge in [-0.3, -0.25) is 4.79 Å². The number of Topliss-reactive ketones (excluding diaryl/α,β-unsaturated/α-hetero) is 1. The molecular formula is C19H28O. The van der Waals surface area contributed by atoms with Crippen LogP contribution < -0.4 is 0 Å². The molecule has 0 bridgehead atoms. The zero-order valence-corrected chi connectivity index (χ0v) is 13.2. The molecule has 1 aliphatic rings. The van der Waals surface area contributed by atoms with Crippen LogP contribution in [0.5, 0.6) is 0 Å². The predicted molar refractivity (Wildman–Crippen MR) is 84.7 cm³/mol. The molecule has 20 heavy (non-hydrogen) atoms. The molecule has 1 aromatic rings. The van der Waals surface area contributed by atoms with Gasteiger partial charge in [0.15, 0.2) is 0 Å². The molecule has 0 radical (unpaired) electrons. The van der Waals surface area contributed by atoms with Gasteiger partial charge in [-0.25, -0.2) is 0 Å². The fourth-order valence-electron chi connectivity index (χ4n) is 4.05. The number of hydrogen-bond donors (Lipinski definition) is 0. The first-order valence-corrected chi connectivity index (χ1v) is 7.94. The van der Waals surface area contributed by atoms with E-state index >= 15 is 0 Å². The maximum atomic E-state index is 11.9. The molecule has 0 heterocycles. The van der Waals surface area contributed by atoms with Crippen LogP contribution in [0, 0.1) is 10.8 Å². The van der Waals surface area contributed by atoms with Gasteiger partial charge < -0.3 is 0 Å². The van der Waals surface area contributed by atoms with Crippen molar-refractivity contribution in [3.63, 3.8) is 0 Å². The molecule has 1 saturated carbocycles. The lowest BCUT2D eigenvalue weighted by molar-refractivity contribution is -0.127. The molecule has 1 unspecified atom stereocenters. The summed E-state index contributed by atoms with van der Waals surface area (Å²) in [6, 6.07) is 10.7. The van der Waals surface area contributed by atoms with Crippen LogP contribution in [-0.4, -0.2) is 5.78 Å². The Balaban J connectivity index is 1.79. The Morgan fingerprint density at radius 1 is 1.00 bits per heavy atom. The van der Waals surface area contributed by atoms with Gasteiger partial charge in [0, 0.05) is 12.8 Å². The standard InChI is InChI=1S/C19H28O/c1-18(2)13-17(20)14-19(3,15-18)12-8-7-11-16-9-5-4-6-10-16/h4-6,9-10H,7-8,11-15H2,1-3H3. The molecule has 0 saturated heterocycles. The zero-order chi connectivity index (χ0) is 14.6. The van der Waals surface area contributed by atoms with Crippen LogP contribution in [0.15, 0.2) is 30.3 Å². The summed E-state index contributed by atoms with van der Waals surface area (Å²) in [7, 11) is 0. The summed E-state index contributed by atoms with van der Waals surface area (Å²) in [5.74, 6) is 0.465. The molecule has 1 nitrogen and oxygen atoms in total. The highest BCUT2D eigenvalue weighted by molar-refractivity contribution is 5.80. The zero-order valence-electron chi connectivity index (χ0n) is 13.2. The lowest BCUT2D eigenvalue weighted by Gasteiger charge is -2.42. The van der Waals surface area contributed by atoms with Crippen molar-refractivity contribution in [2.75, 3.05) is 0 Å². The van der Waals surface area contributed by atoms with Gasteiger partial charge in [-0.15, -0.1) is 0 Å². The van der Waals surface area contributed by atoms with E-state index in [1.807, 2.05) is 0 Å². The van der Waals surface area contributed by atoms with Crippen LogP contribution in [0.2, 0.25) is 0 Å². The average molecular weight is 272 g/mol. The summed E-state index contributed by atoms with van der Waals surface area (Å²) >= 11 is 0. The second-order valence-corrected chi connectivity index (χ2v) is 7.74. The molecule has 1 heteroatoms. The number of carbonyl (C=O) groups excluding carboxylic acids is 1. The molecule has 1 atom stereocenters. The van der Waals surface area contributed by atoms with E-state index in [1.54, 1.807) is 0 Å². The predicted octanol–water partition coefficient (Wildman–Crippen LogP) is 5.18. The second kappa shape index (κ2) is 6.11. The normalized spacial score (nSPS) is 25.6. The number of hydrogen-bond acceptors (Lipinski definition) is 1. The van der Waals surface area contributed by atoms with Crippen molar-refractivity contribution >= 4 is 5.78 Å². The van der Waals surface area contributed by atoms with E-state index in [1.165, 1.54) is 31.2 Å². The van der Waals surface area contributed by atoms with Gasteiger partial charge in [0.05, 0.1) is 0 Å². The summed E-state index contributed by atoms with van der Waals surface area (Å²) in [5.41, 5.74) is 1.86. The molecule has 1 aromatic carbocycles. The molecule has 110 valence electrons. The molecule has 0 aliphatic heterocycles. The molecule has 0 aromatic heterocycles. The Hall–Kier alpha value is -1.11. The summed E-state index contributed by atoms with van der Waals surface area (Å²) < 4.78 is 0. The Labute approximate surface area is 123 Å². The summed E-state index contributed by atoms with van der Waals surface area (Å²) in [6.45, 7) is 6.80. The van der Waals surface area contributed by atoms with Gasteiger partial charge in [-0.1, -0.05) is 57.5 Å². The van der Waals surface area contributed by atoms with E-state index in [0.29, 0.717) is 5.78 Å². The van der Waals surface area contributed by atoms with Crippen molar-refractivity contribution in [2.24, 2.45) is 10.8 Å². The largest absolute Gasteiger partial charge is 0.300 e. The fourth-order valence-corrected chi connectivity index (χ4v) is 4.05. The Kier molecular flexibility index (Phi) is 4.67. The van der Waals surface area contributed by atoms with Gasteiger partial charge in [-0.05, 0) is 42.1 Å². The van der Waals surface area contributed by atoms with Crippen LogP contribution in [0.25, 0.3) is 0 Å². The van der Waals surface area contributed by atoms with Crippen LogP contribution >= 0.6 is 0 Å². The Bertz CT molecular complexity index is 446. The first kappa shape index (κ1) is 15.3. The number of rotatable bonds is 5. The minimum Gasteiger partial charge on any atom is -0.300 e. The highest BCUT2D eigenvalue weighted by Gasteiger charge is 2.39. The minimum absolute atomic E-state index is 0.198. The van der Waals surface area contributed by atoms with Crippen molar-refractivity contribution in [3.8, 4) is 0 Å². The first-order valence-electron chi connectivity index (χ1n) is 7.94. The Morgan fingerprint density at radius 2 is 1.70 bits per heavy atom. The number of aryl methyl sites for hydroxylation is 1. The number of carbonyl (C=O) groups is 1. The Morgan fingerprint density at radius 3 is 2.35 bits per heavy atom. The lowest BCUT2D eigenvalue weighted by atomic mass is 9.62. The van der Waals surface area contributed by atoms with Crippen LogP contribution in [0.4, 0.5) is 0 Å². The lowest BCUT2D eigenvalue weighted by Crippen LogP contribution is -2.35. The summed E-state index contributed by atoms with van der Waals surface area (Å²) in [6.07, 6.45) is 7.57. The third kappa shape index (κ3) is 4.47. The molecule has 2 rings (SSSR count). The van der Waals surface area contributed by atoms with Crippen LogP contribution in [0.1, 0.15) is 64.9 Å². The van der Waals surface area contributed by atoms with Crippen LogP contribution in [0.3, 0.4) is 0 Å². The average Bonchev–Trinajstić information content (AvgIpc) is 2.33. The van der Waals surface area contributed by atoms with Gasteiger partial charge in [0.25, 0.3) is 0 Å². The van der Waals surface area contributed by atoms with E-state index in [-0.39, 0.29) is 10.8 Å². The highest BCUT2D eigenvalue weighted by atomic mass is 16.1. The van der Waals surface area contributed by atoms with Gasteiger partial charge in [0.2, 0.25) is 0 Å². The van der Waals surface area contributed by atoms with E-state index < -0.39 is 0 Å². The smallest absolute Gasteiger partial charge is 0.133 e. The van der Waals surface area contributed by atoms with Crippen molar-refractivity contribution < 1.29 is 4.79 Å². The SMILES string of the molecule is CC1(C)CC(=O)CC(C)(CCCCc2ccccc2)C1. The fraction of sp³-hybridized carbons (Fsp3) is 0.632. The van der Waals surface area contributed by atoms with Crippen molar-refractivity contribution in [3.05, 3.63) is 35.9 Å². The van der Waals surface area contributed by atoms with Crippen molar-refractivity contribution in [1.29, 1.82) is 0 Å². The maximum Gasteiger partial charge on any atom is 0.133 e. The van der Waals surface area contributed by atoms with E-state index in [2.05, 4.69) is 51.1 Å². The molecule has 1 fully saturated rings. The van der Waals surface area contributed by atoms with E-state index in [4.69, 9.17) is 0 Å². The maximum absolute atomic E-state index is 11.9. The highest BCUT2D eigenvalue weighted by Crippen LogP contribution is 2.47. The molecule has 1 aliphatic carbocycles. The van der Waals surface area contributed by atoms with Crippen molar-refractivity contribution in [2.45, 2.75) is 65.7 Å². The molecular weight excluding hydrogens is 244 g/mol. The third-order valence-corrected chi connectivity index (χ3v) is 4.54. The monoisotopic (exact) mass is 272 g/mol. The molecule has 0 amide bonds. The van der Waals surface area contributed by atoms with E-state index in [9.17, 15) is 4.79 Å². The van der Waals surface area contributed by atoms with Crippen molar-refractivity contribution in [1.82, 2.24) is 0 Å². The first-order chi connectivity index (χ1) is 9.39. The summed E-state index contributed by atoms with van der Waals surface area (Å²) in [5, 5.41) is 0. The molecule has 0 N–H and O–H groups in total.